The molecular formula is C21H27FN2O2. The molecular weight excluding hydrogens is 331 g/mol. The van der Waals surface area contributed by atoms with Gasteiger partial charge in [-0.15, -0.1) is 0 Å². The van der Waals surface area contributed by atoms with E-state index < -0.39 is 0 Å². The second-order valence-electron chi connectivity index (χ2n) is 8.78. The van der Waals surface area contributed by atoms with E-state index in [1.807, 2.05) is 0 Å². The number of hydrogen-bond donors (Lipinski definition) is 2. The van der Waals surface area contributed by atoms with Crippen molar-refractivity contribution in [3.8, 4) is 0 Å². The molecule has 4 nitrogen and oxygen atoms in total. The van der Waals surface area contributed by atoms with Gasteiger partial charge in [-0.3, -0.25) is 9.59 Å². The Bertz CT molecular complexity index is 668. The summed E-state index contributed by atoms with van der Waals surface area (Å²) in [5.74, 6) is 1.84. The van der Waals surface area contributed by atoms with Crippen LogP contribution >= 0.6 is 0 Å². The van der Waals surface area contributed by atoms with Gasteiger partial charge in [0.2, 0.25) is 11.8 Å². The van der Waals surface area contributed by atoms with Crippen molar-refractivity contribution in [1.29, 1.82) is 0 Å². The molecule has 0 radical (unpaired) electrons. The van der Waals surface area contributed by atoms with Crippen molar-refractivity contribution < 1.29 is 14.0 Å². The Hall–Kier alpha value is -1.91. The van der Waals surface area contributed by atoms with Gasteiger partial charge in [-0.05, 0) is 79.4 Å². The summed E-state index contributed by atoms with van der Waals surface area (Å²) in [5.41, 5.74) is 0.909. The summed E-state index contributed by atoms with van der Waals surface area (Å²) in [6, 6.07) is 5.97. The van der Waals surface area contributed by atoms with Gasteiger partial charge in [0.1, 0.15) is 5.82 Å². The summed E-state index contributed by atoms with van der Waals surface area (Å²) in [6.07, 6.45) is 8.03. The van der Waals surface area contributed by atoms with Crippen LogP contribution in [0.2, 0.25) is 0 Å². The smallest absolute Gasteiger partial charge is 0.239 e. The number of rotatable bonds is 6. The van der Waals surface area contributed by atoms with Gasteiger partial charge < -0.3 is 10.6 Å². The molecule has 4 bridgehead atoms. The minimum Gasteiger partial charge on any atom is -0.354 e. The fourth-order valence-electron chi connectivity index (χ4n) is 5.93. The fraction of sp³-hybridized carbons (Fsp3) is 0.619. The molecule has 0 heterocycles. The number of nitrogens with one attached hydrogen (secondary N) is 2. The Morgan fingerprint density at radius 2 is 1.65 bits per heavy atom. The third-order valence-corrected chi connectivity index (χ3v) is 6.53. The zero-order valence-electron chi connectivity index (χ0n) is 15.1. The van der Waals surface area contributed by atoms with E-state index in [0.29, 0.717) is 11.0 Å². The molecule has 4 aliphatic rings. The van der Waals surface area contributed by atoms with Gasteiger partial charge in [-0.2, -0.15) is 0 Å². The molecule has 0 atom stereocenters. The molecule has 0 spiro atoms. The quantitative estimate of drug-likeness (QED) is 0.822. The van der Waals surface area contributed by atoms with Crippen molar-refractivity contribution in [2.45, 2.75) is 44.9 Å². The summed E-state index contributed by atoms with van der Waals surface area (Å²) in [4.78, 5) is 24.1. The van der Waals surface area contributed by atoms with Crippen LogP contribution in [0.15, 0.2) is 24.3 Å². The van der Waals surface area contributed by atoms with Crippen molar-refractivity contribution in [1.82, 2.24) is 10.6 Å². The molecule has 5 heteroatoms. The monoisotopic (exact) mass is 358 g/mol. The van der Waals surface area contributed by atoms with Crippen molar-refractivity contribution in [2.24, 2.45) is 23.2 Å². The second kappa shape index (κ2) is 7.01. The van der Waals surface area contributed by atoms with Crippen LogP contribution in [0.5, 0.6) is 0 Å². The van der Waals surface area contributed by atoms with Gasteiger partial charge in [0.15, 0.2) is 0 Å². The van der Waals surface area contributed by atoms with Gasteiger partial charge in [0, 0.05) is 6.54 Å². The van der Waals surface area contributed by atoms with Crippen LogP contribution in [0, 0.1) is 29.0 Å². The highest BCUT2D eigenvalue weighted by Gasteiger charge is 2.50. The topological polar surface area (TPSA) is 58.2 Å². The molecule has 2 amide bonds. The van der Waals surface area contributed by atoms with E-state index in [4.69, 9.17) is 0 Å². The first-order chi connectivity index (χ1) is 12.5. The van der Waals surface area contributed by atoms with Gasteiger partial charge >= 0.3 is 0 Å². The molecule has 1 aromatic rings. The molecule has 2 N–H and O–H groups in total. The lowest BCUT2D eigenvalue weighted by atomic mass is 9.49. The molecule has 0 aliphatic heterocycles. The zero-order valence-corrected chi connectivity index (χ0v) is 15.1. The van der Waals surface area contributed by atoms with E-state index in [1.165, 1.54) is 50.7 Å². The number of carbonyl (C=O) groups is 2. The van der Waals surface area contributed by atoms with E-state index in [0.717, 1.165) is 24.3 Å². The molecule has 4 fully saturated rings. The SMILES string of the molecule is O=C(CNC(=O)Cc1cccc(F)c1)NCC12CC3CC(CC(C3)C1)C2. The molecule has 0 unspecified atom stereocenters. The van der Waals surface area contributed by atoms with Crippen LogP contribution < -0.4 is 10.6 Å². The van der Waals surface area contributed by atoms with Crippen molar-refractivity contribution in [2.75, 3.05) is 13.1 Å². The summed E-state index contributed by atoms with van der Waals surface area (Å²) in [6.45, 7) is 0.732. The largest absolute Gasteiger partial charge is 0.354 e. The number of amides is 2. The Balaban J connectivity index is 1.21. The van der Waals surface area contributed by atoms with Gasteiger partial charge in [-0.1, -0.05) is 12.1 Å². The molecule has 140 valence electrons. The maximum absolute atomic E-state index is 13.1. The molecule has 0 saturated heterocycles. The maximum atomic E-state index is 13.1. The lowest BCUT2D eigenvalue weighted by Gasteiger charge is -2.56. The number of benzene rings is 1. The second-order valence-corrected chi connectivity index (χ2v) is 8.78. The summed E-state index contributed by atoms with van der Waals surface area (Å²) in [5, 5.41) is 5.69. The predicted octanol–water partition coefficient (Wildman–Crippen LogP) is 2.82. The van der Waals surface area contributed by atoms with Crippen LogP contribution in [0.3, 0.4) is 0 Å². The number of carbonyl (C=O) groups excluding carboxylic acids is 2. The zero-order chi connectivity index (χ0) is 18.1. The highest BCUT2D eigenvalue weighted by atomic mass is 19.1. The van der Waals surface area contributed by atoms with Crippen LogP contribution in [0.4, 0.5) is 4.39 Å². The molecule has 0 aromatic heterocycles. The third kappa shape index (κ3) is 3.92. The average molecular weight is 358 g/mol. The molecule has 26 heavy (non-hydrogen) atoms. The molecule has 5 rings (SSSR count). The van der Waals surface area contributed by atoms with E-state index in [-0.39, 0.29) is 30.6 Å². The Morgan fingerprint density at radius 3 is 2.27 bits per heavy atom. The molecule has 1 aromatic carbocycles. The lowest BCUT2D eigenvalue weighted by Crippen LogP contribution is -2.52. The van der Waals surface area contributed by atoms with Crippen molar-refractivity contribution >= 4 is 11.8 Å². The number of halogens is 1. The minimum atomic E-state index is -0.358. The standard InChI is InChI=1S/C21H27FN2O2/c22-18-3-1-2-14(7-18)8-19(25)23-12-20(26)24-13-21-9-15-4-16(10-21)6-17(5-15)11-21/h1-3,7,15-17H,4-6,8-13H2,(H,23,25)(H,24,26). The van der Waals surface area contributed by atoms with Gasteiger partial charge in [0.25, 0.3) is 0 Å². The normalized spacial score (nSPS) is 31.7. The first-order valence-electron chi connectivity index (χ1n) is 9.77. The highest BCUT2D eigenvalue weighted by Crippen LogP contribution is 2.59. The van der Waals surface area contributed by atoms with Crippen LogP contribution in [-0.2, 0) is 16.0 Å². The Labute approximate surface area is 153 Å². The molecule has 4 saturated carbocycles. The fourth-order valence-corrected chi connectivity index (χ4v) is 5.93. The summed E-state index contributed by atoms with van der Waals surface area (Å²) < 4.78 is 13.1. The first kappa shape index (κ1) is 17.5. The van der Waals surface area contributed by atoms with E-state index in [1.54, 1.807) is 12.1 Å². The van der Waals surface area contributed by atoms with Gasteiger partial charge in [0.05, 0.1) is 13.0 Å². The minimum absolute atomic E-state index is 0.0134. The van der Waals surface area contributed by atoms with E-state index in [9.17, 15) is 14.0 Å². The van der Waals surface area contributed by atoms with Crippen LogP contribution in [0.1, 0.15) is 44.1 Å². The highest BCUT2D eigenvalue weighted by molar-refractivity contribution is 5.85. The third-order valence-electron chi connectivity index (χ3n) is 6.53. The van der Waals surface area contributed by atoms with Crippen molar-refractivity contribution in [3.05, 3.63) is 35.6 Å². The molecule has 4 aliphatic carbocycles. The Morgan fingerprint density at radius 1 is 1.00 bits per heavy atom. The maximum Gasteiger partial charge on any atom is 0.239 e. The van der Waals surface area contributed by atoms with E-state index in [2.05, 4.69) is 10.6 Å². The van der Waals surface area contributed by atoms with E-state index >= 15 is 0 Å². The summed E-state index contributed by atoms with van der Waals surface area (Å²) >= 11 is 0. The summed E-state index contributed by atoms with van der Waals surface area (Å²) in [7, 11) is 0. The predicted molar refractivity (Wildman–Crippen MR) is 96.7 cm³/mol. The lowest BCUT2D eigenvalue weighted by molar-refractivity contribution is -0.126. The van der Waals surface area contributed by atoms with Crippen molar-refractivity contribution in [3.63, 3.8) is 0 Å². The number of hydrogen-bond acceptors (Lipinski definition) is 2. The average Bonchev–Trinajstić information content (AvgIpc) is 2.57. The van der Waals surface area contributed by atoms with Gasteiger partial charge in [-0.25, -0.2) is 4.39 Å². The van der Waals surface area contributed by atoms with Crippen LogP contribution in [-0.4, -0.2) is 24.9 Å². The van der Waals surface area contributed by atoms with Crippen LogP contribution in [0.25, 0.3) is 0 Å². The first-order valence-corrected chi connectivity index (χ1v) is 9.77. The Kier molecular flexibility index (Phi) is 4.72.